The predicted molar refractivity (Wildman–Crippen MR) is 188 cm³/mol. The Morgan fingerprint density at radius 2 is 0.610 bits per heavy atom. The number of unbranched alkanes of at least 4 members (excludes halogenated alkanes) is 28. The Morgan fingerprint density at radius 3 is 0.878 bits per heavy atom. The van der Waals surface area contributed by atoms with Gasteiger partial charge in [-0.05, 0) is 37.8 Å². The van der Waals surface area contributed by atoms with E-state index in [0.29, 0.717) is 0 Å². The Bertz CT molecular complexity index is 636. The molecular weight excluding hydrogens is 516 g/mol. The highest BCUT2D eigenvalue weighted by atomic mass is 32.1. The summed E-state index contributed by atoms with van der Waals surface area (Å²) in [5.74, 6) is 0. The Balaban J connectivity index is 1.86. The average molecular weight is 587 g/mol. The molecule has 0 saturated heterocycles. The van der Waals surface area contributed by atoms with Gasteiger partial charge in [0.25, 0.3) is 0 Å². The summed E-state index contributed by atoms with van der Waals surface area (Å²) in [6.07, 6.45) is 51.1. The first kappa shape index (κ1) is 38.1. The van der Waals surface area contributed by atoms with Crippen LogP contribution in [0.25, 0.3) is 12.2 Å². The van der Waals surface area contributed by atoms with Gasteiger partial charge in [0.05, 0.1) is 0 Å². The van der Waals surface area contributed by atoms with Crippen molar-refractivity contribution in [3.8, 4) is 0 Å². The van der Waals surface area contributed by atoms with Crippen molar-refractivity contribution in [2.24, 2.45) is 0 Å². The van der Waals surface area contributed by atoms with Crippen molar-refractivity contribution in [2.75, 3.05) is 0 Å². The van der Waals surface area contributed by atoms with Crippen molar-refractivity contribution < 1.29 is 0 Å². The maximum atomic E-state index is 4.35. The van der Waals surface area contributed by atoms with Gasteiger partial charge in [0.2, 0.25) is 0 Å². The van der Waals surface area contributed by atoms with Crippen molar-refractivity contribution in [3.05, 3.63) is 22.2 Å². The highest BCUT2D eigenvalue weighted by Crippen LogP contribution is 2.17. The zero-order valence-corrected chi connectivity index (χ0v) is 28.6. The van der Waals surface area contributed by atoms with Gasteiger partial charge in [-0.2, -0.15) is 0 Å². The standard InChI is InChI=1S/C38H70N2S/c1-3-5-7-9-11-13-15-17-19-21-23-25-27-29-31-33-35-37-39-40-38(41-37)36-34-32-30-28-26-24-22-20-18-16-14-12-10-8-6-4-2/h33-36H,3-32H2,1-2H3/b35-33+,36-34+. The van der Waals surface area contributed by atoms with Gasteiger partial charge in [0.1, 0.15) is 10.0 Å². The van der Waals surface area contributed by atoms with Crippen LogP contribution in [0.5, 0.6) is 0 Å². The number of hydrogen-bond donors (Lipinski definition) is 0. The fourth-order valence-electron chi connectivity index (χ4n) is 5.66. The van der Waals surface area contributed by atoms with Gasteiger partial charge >= 0.3 is 0 Å². The Kier molecular flexibility index (Phi) is 29.7. The summed E-state index contributed by atoms with van der Waals surface area (Å²) in [6.45, 7) is 4.60. The predicted octanol–water partition coefficient (Wildman–Crippen LogP) is 14.3. The number of rotatable bonds is 32. The van der Waals surface area contributed by atoms with Crippen LogP contribution in [0.4, 0.5) is 0 Å². The van der Waals surface area contributed by atoms with Gasteiger partial charge in [-0.15, -0.1) is 10.2 Å². The molecule has 1 aromatic heterocycles. The minimum Gasteiger partial charge on any atom is -0.139 e. The van der Waals surface area contributed by atoms with Gasteiger partial charge in [0.15, 0.2) is 0 Å². The van der Waals surface area contributed by atoms with Gasteiger partial charge in [-0.25, -0.2) is 0 Å². The molecule has 0 saturated carbocycles. The molecule has 0 spiro atoms. The molecule has 1 heterocycles. The molecule has 1 aromatic rings. The molecule has 0 bridgehead atoms. The van der Waals surface area contributed by atoms with E-state index in [0.717, 1.165) is 10.0 Å². The second kappa shape index (κ2) is 32.0. The van der Waals surface area contributed by atoms with Gasteiger partial charge in [-0.1, -0.05) is 204 Å². The maximum Gasteiger partial charge on any atom is 0.140 e. The molecule has 238 valence electrons. The van der Waals surface area contributed by atoms with Crippen molar-refractivity contribution in [2.45, 2.75) is 206 Å². The Morgan fingerprint density at radius 1 is 0.366 bits per heavy atom. The quantitative estimate of drug-likeness (QED) is 0.0785. The smallest absolute Gasteiger partial charge is 0.139 e. The molecule has 0 radical (unpaired) electrons. The van der Waals surface area contributed by atoms with Gasteiger partial charge in [0, 0.05) is 0 Å². The molecule has 0 aromatic carbocycles. The van der Waals surface area contributed by atoms with Crippen LogP contribution < -0.4 is 0 Å². The molecule has 0 aliphatic carbocycles. The SMILES string of the molecule is CCCCCCCCCCCCCCCC/C=C/c1nnc(/C=C/CCCCCCCCCCCCCCCC)s1. The number of hydrogen-bond acceptors (Lipinski definition) is 3. The van der Waals surface area contributed by atoms with E-state index in [4.69, 9.17) is 0 Å². The largest absolute Gasteiger partial charge is 0.140 e. The summed E-state index contributed by atoms with van der Waals surface area (Å²) in [4.78, 5) is 0. The normalized spacial score (nSPS) is 12.0. The molecule has 0 aliphatic heterocycles. The molecule has 0 atom stereocenters. The molecule has 0 amide bonds. The monoisotopic (exact) mass is 587 g/mol. The van der Waals surface area contributed by atoms with Gasteiger partial charge in [-0.3, -0.25) is 0 Å². The zero-order chi connectivity index (χ0) is 29.3. The highest BCUT2D eigenvalue weighted by Gasteiger charge is 1.98. The summed E-state index contributed by atoms with van der Waals surface area (Å²) >= 11 is 1.71. The third-order valence-electron chi connectivity index (χ3n) is 8.43. The van der Waals surface area contributed by atoms with E-state index in [2.05, 4.69) is 48.3 Å². The summed E-state index contributed by atoms with van der Waals surface area (Å²) in [5, 5.41) is 10.8. The lowest BCUT2D eigenvalue weighted by Gasteiger charge is -2.02. The minimum absolute atomic E-state index is 1.05. The second-order valence-corrected chi connectivity index (χ2v) is 13.6. The molecule has 0 unspecified atom stereocenters. The molecule has 1 rings (SSSR count). The highest BCUT2D eigenvalue weighted by molar-refractivity contribution is 7.13. The van der Waals surface area contributed by atoms with E-state index in [9.17, 15) is 0 Å². The van der Waals surface area contributed by atoms with E-state index in [1.165, 1.54) is 193 Å². The van der Waals surface area contributed by atoms with Crippen LogP contribution >= 0.6 is 11.3 Å². The average Bonchev–Trinajstić information content (AvgIpc) is 3.44. The molecule has 3 heteroatoms. The van der Waals surface area contributed by atoms with E-state index >= 15 is 0 Å². The molecule has 2 nitrogen and oxygen atoms in total. The van der Waals surface area contributed by atoms with Crippen LogP contribution in [0.2, 0.25) is 0 Å². The van der Waals surface area contributed by atoms with Crippen LogP contribution in [0.15, 0.2) is 12.2 Å². The number of allylic oxidation sites excluding steroid dienone is 2. The summed E-state index contributed by atoms with van der Waals surface area (Å²) in [6, 6.07) is 0. The lowest BCUT2D eigenvalue weighted by atomic mass is 10.0. The van der Waals surface area contributed by atoms with Crippen molar-refractivity contribution in [3.63, 3.8) is 0 Å². The van der Waals surface area contributed by atoms with E-state index < -0.39 is 0 Å². The van der Waals surface area contributed by atoms with Crippen LogP contribution in [0, 0.1) is 0 Å². The van der Waals surface area contributed by atoms with Crippen LogP contribution in [-0.2, 0) is 0 Å². The molecule has 0 N–H and O–H groups in total. The topological polar surface area (TPSA) is 25.8 Å². The zero-order valence-electron chi connectivity index (χ0n) is 27.8. The summed E-state index contributed by atoms with van der Waals surface area (Å²) in [5.41, 5.74) is 0. The molecule has 41 heavy (non-hydrogen) atoms. The van der Waals surface area contributed by atoms with Crippen molar-refractivity contribution >= 4 is 23.5 Å². The number of nitrogens with zero attached hydrogens (tertiary/aromatic N) is 2. The first-order valence-corrected chi connectivity index (χ1v) is 19.3. The van der Waals surface area contributed by atoms with Crippen LogP contribution in [-0.4, -0.2) is 10.2 Å². The minimum atomic E-state index is 1.05. The Hall–Kier alpha value is -0.960. The third-order valence-corrected chi connectivity index (χ3v) is 9.28. The van der Waals surface area contributed by atoms with E-state index in [1.807, 2.05) is 0 Å². The third kappa shape index (κ3) is 27.6. The van der Waals surface area contributed by atoms with Crippen molar-refractivity contribution in [1.82, 2.24) is 10.2 Å². The molecular formula is C38H70N2S. The maximum absolute atomic E-state index is 4.35. The first-order chi connectivity index (χ1) is 20.4. The number of aromatic nitrogens is 2. The summed E-state index contributed by atoms with van der Waals surface area (Å²) in [7, 11) is 0. The Labute approximate surface area is 261 Å². The van der Waals surface area contributed by atoms with Crippen molar-refractivity contribution in [1.29, 1.82) is 0 Å². The van der Waals surface area contributed by atoms with Gasteiger partial charge < -0.3 is 0 Å². The lowest BCUT2D eigenvalue weighted by molar-refractivity contribution is 0.536. The van der Waals surface area contributed by atoms with E-state index in [1.54, 1.807) is 11.3 Å². The van der Waals surface area contributed by atoms with Crippen LogP contribution in [0.1, 0.15) is 216 Å². The second-order valence-electron chi connectivity index (χ2n) is 12.6. The molecule has 0 aliphatic rings. The molecule has 0 fully saturated rings. The van der Waals surface area contributed by atoms with E-state index in [-0.39, 0.29) is 0 Å². The lowest BCUT2D eigenvalue weighted by Crippen LogP contribution is -1.83. The fourth-order valence-corrected chi connectivity index (χ4v) is 6.37. The summed E-state index contributed by atoms with van der Waals surface area (Å²) < 4.78 is 0. The fraction of sp³-hybridized carbons (Fsp3) is 0.842. The van der Waals surface area contributed by atoms with Crippen LogP contribution in [0.3, 0.4) is 0 Å². The first-order valence-electron chi connectivity index (χ1n) is 18.5.